The van der Waals surface area contributed by atoms with Crippen molar-refractivity contribution >= 4 is 15.9 Å². The summed E-state index contributed by atoms with van der Waals surface area (Å²) in [6.07, 6.45) is 1.02. The molecule has 1 aromatic rings. The van der Waals surface area contributed by atoms with E-state index in [1.54, 1.807) is 7.11 Å². The molecule has 0 heterocycles. The van der Waals surface area contributed by atoms with Crippen LogP contribution in [0.1, 0.15) is 45.2 Å². The number of benzene rings is 1. The molecule has 1 atom stereocenters. The van der Waals surface area contributed by atoms with E-state index in [4.69, 9.17) is 9.47 Å². The van der Waals surface area contributed by atoms with Gasteiger partial charge in [0.05, 0.1) is 6.10 Å². The Morgan fingerprint density at radius 1 is 1.29 bits per heavy atom. The second-order valence-electron chi connectivity index (χ2n) is 6.52. The van der Waals surface area contributed by atoms with Crippen LogP contribution >= 0.6 is 15.9 Å². The molecular weight excluding hydrogens is 330 g/mol. The average molecular weight is 358 g/mol. The smallest absolute Gasteiger partial charge is 0.127 e. The van der Waals surface area contributed by atoms with E-state index in [0.717, 1.165) is 28.8 Å². The monoisotopic (exact) mass is 357 g/mol. The minimum absolute atomic E-state index is 0.0785. The summed E-state index contributed by atoms with van der Waals surface area (Å²) in [5.41, 5.74) is 2.41. The molecule has 0 bridgehead atoms. The Hall–Kier alpha value is -0.580. The Bertz CT molecular complexity index is 455. The topological polar surface area (TPSA) is 30.5 Å². The first-order chi connectivity index (χ1) is 9.73. The lowest BCUT2D eigenvalue weighted by atomic mass is 10.1. The number of hydrogen-bond donors (Lipinski definition) is 1. The van der Waals surface area contributed by atoms with Crippen LogP contribution < -0.4 is 10.1 Å². The predicted molar refractivity (Wildman–Crippen MR) is 92.1 cm³/mol. The summed E-state index contributed by atoms with van der Waals surface area (Å²) in [5, 5.41) is 3.52. The van der Waals surface area contributed by atoms with E-state index < -0.39 is 0 Å². The van der Waals surface area contributed by atoms with Crippen LogP contribution in [0.15, 0.2) is 16.6 Å². The Morgan fingerprint density at radius 3 is 2.52 bits per heavy atom. The highest BCUT2D eigenvalue weighted by Gasteiger charge is 2.15. The molecule has 0 aliphatic carbocycles. The van der Waals surface area contributed by atoms with Crippen LogP contribution in [0.4, 0.5) is 0 Å². The van der Waals surface area contributed by atoms with Gasteiger partial charge >= 0.3 is 0 Å². The van der Waals surface area contributed by atoms with Gasteiger partial charge in [0.15, 0.2) is 0 Å². The molecule has 0 saturated heterocycles. The molecule has 0 spiro atoms. The fourth-order valence-electron chi connectivity index (χ4n) is 2.00. The fourth-order valence-corrected chi connectivity index (χ4v) is 2.62. The molecular formula is C17H28BrNO2. The van der Waals surface area contributed by atoms with Crippen molar-refractivity contribution in [3.05, 3.63) is 27.7 Å². The summed E-state index contributed by atoms with van der Waals surface area (Å²) in [6, 6.07) is 4.23. The highest BCUT2D eigenvalue weighted by atomic mass is 79.9. The minimum Gasteiger partial charge on any atom is -0.490 e. The number of methoxy groups -OCH3 is 1. The van der Waals surface area contributed by atoms with E-state index in [0.29, 0.717) is 6.61 Å². The number of rotatable bonds is 7. The molecule has 0 aliphatic heterocycles. The SMILES string of the molecule is COCCC(C)Oc1c(C)cc(Br)cc1CNC(C)(C)C. The second-order valence-corrected chi connectivity index (χ2v) is 7.44. The summed E-state index contributed by atoms with van der Waals surface area (Å²) in [7, 11) is 1.72. The first-order valence-corrected chi connectivity index (χ1v) is 8.22. The van der Waals surface area contributed by atoms with Crippen molar-refractivity contribution < 1.29 is 9.47 Å². The van der Waals surface area contributed by atoms with Crippen molar-refractivity contribution in [2.24, 2.45) is 0 Å². The van der Waals surface area contributed by atoms with Gasteiger partial charge in [0, 0.05) is 42.3 Å². The fraction of sp³-hybridized carbons (Fsp3) is 0.647. The molecule has 0 aromatic heterocycles. The van der Waals surface area contributed by atoms with Crippen LogP contribution in [-0.2, 0) is 11.3 Å². The summed E-state index contributed by atoms with van der Waals surface area (Å²) < 4.78 is 12.4. The highest BCUT2D eigenvalue weighted by Crippen LogP contribution is 2.29. The Labute approximate surface area is 137 Å². The van der Waals surface area contributed by atoms with Gasteiger partial charge in [-0.15, -0.1) is 0 Å². The van der Waals surface area contributed by atoms with E-state index in [-0.39, 0.29) is 11.6 Å². The van der Waals surface area contributed by atoms with Crippen molar-refractivity contribution in [2.75, 3.05) is 13.7 Å². The van der Waals surface area contributed by atoms with E-state index in [2.05, 4.69) is 68.0 Å². The van der Waals surface area contributed by atoms with Gasteiger partial charge < -0.3 is 14.8 Å². The number of nitrogens with one attached hydrogen (secondary N) is 1. The van der Waals surface area contributed by atoms with Gasteiger partial charge in [-0.3, -0.25) is 0 Å². The minimum atomic E-state index is 0.0785. The maximum atomic E-state index is 6.16. The molecule has 0 aliphatic rings. The summed E-state index contributed by atoms with van der Waals surface area (Å²) in [6.45, 7) is 12.2. The normalized spacial score (nSPS) is 13.3. The van der Waals surface area contributed by atoms with Crippen molar-refractivity contribution in [2.45, 2.75) is 59.2 Å². The maximum Gasteiger partial charge on any atom is 0.127 e. The molecule has 1 unspecified atom stereocenters. The van der Waals surface area contributed by atoms with Crippen LogP contribution in [0.3, 0.4) is 0 Å². The van der Waals surface area contributed by atoms with Crippen molar-refractivity contribution in [3.63, 3.8) is 0 Å². The van der Waals surface area contributed by atoms with Crippen LogP contribution in [0, 0.1) is 6.92 Å². The van der Waals surface area contributed by atoms with Crippen molar-refractivity contribution in [1.82, 2.24) is 5.32 Å². The quantitative estimate of drug-likeness (QED) is 0.781. The molecule has 21 heavy (non-hydrogen) atoms. The third-order valence-electron chi connectivity index (χ3n) is 3.17. The second kappa shape index (κ2) is 8.16. The van der Waals surface area contributed by atoms with Gasteiger partial charge in [-0.1, -0.05) is 15.9 Å². The predicted octanol–water partition coefficient (Wildman–Crippen LogP) is 4.45. The summed E-state index contributed by atoms with van der Waals surface area (Å²) in [5.74, 6) is 0.985. The van der Waals surface area contributed by atoms with Gasteiger partial charge in [-0.25, -0.2) is 0 Å². The zero-order valence-corrected chi connectivity index (χ0v) is 15.6. The maximum absolute atomic E-state index is 6.16. The first-order valence-electron chi connectivity index (χ1n) is 7.42. The Balaban J connectivity index is 2.89. The lowest BCUT2D eigenvalue weighted by molar-refractivity contribution is 0.134. The van der Waals surface area contributed by atoms with Crippen LogP contribution in [0.2, 0.25) is 0 Å². The molecule has 3 nitrogen and oxygen atoms in total. The summed E-state index contributed by atoms with van der Waals surface area (Å²) in [4.78, 5) is 0. The molecule has 120 valence electrons. The van der Waals surface area contributed by atoms with E-state index in [1.807, 2.05) is 0 Å². The van der Waals surface area contributed by atoms with Crippen molar-refractivity contribution in [1.29, 1.82) is 0 Å². The molecule has 1 aromatic carbocycles. The van der Waals surface area contributed by atoms with Crippen LogP contribution in [0.5, 0.6) is 5.75 Å². The van der Waals surface area contributed by atoms with Gasteiger partial charge in [0.25, 0.3) is 0 Å². The molecule has 0 amide bonds. The van der Waals surface area contributed by atoms with E-state index in [9.17, 15) is 0 Å². The van der Waals surface area contributed by atoms with Gasteiger partial charge in [0.1, 0.15) is 5.75 Å². The van der Waals surface area contributed by atoms with Gasteiger partial charge in [-0.2, -0.15) is 0 Å². The Kier molecular flexibility index (Phi) is 7.17. The lowest BCUT2D eigenvalue weighted by Gasteiger charge is -2.24. The van der Waals surface area contributed by atoms with Gasteiger partial charge in [0.2, 0.25) is 0 Å². The Morgan fingerprint density at radius 2 is 1.95 bits per heavy atom. The molecule has 1 N–H and O–H groups in total. The molecule has 0 fully saturated rings. The largest absolute Gasteiger partial charge is 0.490 e. The van der Waals surface area contributed by atoms with Crippen LogP contribution in [-0.4, -0.2) is 25.4 Å². The molecule has 1 rings (SSSR count). The standard InChI is InChI=1S/C17H28BrNO2/c1-12-9-15(18)10-14(11-19-17(3,4)5)16(12)21-13(2)7-8-20-6/h9-10,13,19H,7-8,11H2,1-6H3. The first kappa shape index (κ1) is 18.5. The third kappa shape index (κ3) is 6.81. The third-order valence-corrected chi connectivity index (χ3v) is 3.63. The zero-order valence-electron chi connectivity index (χ0n) is 14.0. The number of halogens is 1. The highest BCUT2D eigenvalue weighted by molar-refractivity contribution is 9.10. The number of hydrogen-bond acceptors (Lipinski definition) is 3. The lowest BCUT2D eigenvalue weighted by Crippen LogP contribution is -2.35. The number of ether oxygens (including phenoxy) is 2. The number of aryl methyl sites for hydroxylation is 1. The van der Waals surface area contributed by atoms with Crippen LogP contribution in [0.25, 0.3) is 0 Å². The van der Waals surface area contributed by atoms with Gasteiger partial charge in [-0.05, 0) is 52.3 Å². The molecule has 4 heteroatoms. The van der Waals surface area contributed by atoms with Crippen molar-refractivity contribution in [3.8, 4) is 5.75 Å². The zero-order chi connectivity index (χ0) is 16.0. The molecule has 0 saturated carbocycles. The summed E-state index contributed by atoms with van der Waals surface area (Å²) >= 11 is 3.57. The van der Waals surface area contributed by atoms with E-state index >= 15 is 0 Å². The molecule has 0 radical (unpaired) electrons. The van der Waals surface area contributed by atoms with E-state index in [1.165, 1.54) is 5.56 Å². The average Bonchev–Trinajstić information content (AvgIpc) is 2.36.